The average molecular weight is 176 g/mol. The fraction of sp³-hybridized carbons (Fsp3) is 0.385. The predicted octanol–water partition coefficient (Wildman–Crippen LogP) is 2.70. The van der Waals surface area contributed by atoms with E-state index >= 15 is 0 Å². The van der Waals surface area contributed by atoms with Crippen molar-refractivity contribution in [3.8, 4) is 0 Å². The lowest BCUT2D eigenvalue weighted by Crippen LogP contribution is -2.22. The van der Waals surface area contributed by atoms with Crippen molar-refractivity contribution >= 4 is 12.2 Å². The van der Waals surface area contributed by atoms with Crippen LogP contribution in [-0.4, -0.2) is 0 Å². The minimum absolute atomic E-state index is 1.10. The Bertz CT molecular complexity index is 320. The van der Waals surface area contributed by atoms with Crippen LogP contribution < -0.4 is 10.4 Å². The quantitative estimate of drug-likeness (QED) is 0.617. The number of hydrogen-bond donors (Lipinski definition) is 0. The van der Waals surface area contributed by atoms with Crippen molar-refractivity contribution in [3.05, 3.63) is 34.7 Å². The average Bonchev–Trinajstić information content (AvgIpc) is 2.22. The summed E-state index contributed by atoms with van der Waals surface area (Å²) in [6, 6.07) is 8.44. The second-order valence-corrected chi connectivity index (χ2v) is 2.53. The molecular formula is C13H20. The summed E-state index contributed by atoms with van der Waals surface area (Å²) in [5.74, 6) is 0. The number of benzene rings is 1. The third kappa shape index (κ3) is 3.93. The third-order valence-corrected chi connectivity index (χ3v) is 1.73. The van der Waals surface area contributed by atoms with Crippen LogP contribution in [0.3, 0.4) is 0 Å². The molecule has 0 aliphatic rings. The molecule has 0 heterocycles. The molecule has 0 aromatic heterocycles. The zero-order valence-corrected chi connectivity index (χ0v) is 9.17. The topological polar surface area (TPSA) is 0 Å². The second kappa shape index (κ2) is 7.60. The van der Waals surface area contributed by atoms with E-state index in [9.17, 15) is 0 Å². The zero-order chi connectivity index (χ0) is 10.1. The van der Waals surface area contributed by atoms with Gasteiger partial charge in [0.05, 0.1) is 0 Å². The van der Waals surface area contributed by atoms with Gasteiger partial charge in [0, 0.05) is 0 Å². The Morgan fingerprint density at radius 2 is 1.62 bits per heavy atom. The predicted molar refractivity (Wildman–Crippen MR) is 61.9 cm³/mol. The maximum atomic E-state index is 2.25. The molecule has 0 aliphatic heterocycles. The molecule has 1 rings (SSSR count). The van der Waals surface area contributed by atoms with Crippen molar-refractivity contribution in [1.29, 1.82) is 0 Å². The van der Waals surface area contributed by atoms with Crippen molar-refractivity contribution in [2.75, 3.05) is 0 Å². The molecule has 0 atom stereocenters. The number of hydrogen-bond acceptors (Lipinski definition) is 0. The molecule has 1 aromatic carbocycles. The molecule has 0 aliphatic carbocycles. The van der Waals surface area contributed by atoms with Crippen LogP contribution in [-0.2, 0) is 0 Å². The SMILES string of the molecule is C/C=c1/cccc/c1=C/CC.CC. The highest BCUT2D eigenvalue weighted by Gasteiger charge is 1.79. The summed E-state index contributed by atoms with van der Waals surface area (Å²) in [4.78, 5) is 0. The zero-order valence-electron chi connectivity index (χ0n) is 9.17. The van der Waals surface area contributed by atoms with Gasteiger partial charge in [0.15, 0.2) is 0 Å². The van der Waals surface area contributed by atoms with Crippen LogP contribution in [0, 0.1) is 0 Å². The summed E-state index contributed by atoms with van der Waals surface area (Å²) in [6.45, 7) is 8.23. The first-order valence-corrected chi connectivity index (χ1v) is 5.10. The van der Waals surface area contributed by atoms with Crippen molar-refractivity contribution in [2.24, 2.45) is 0 Å². The Hall–Kier alpha value is -1.04. The summed E-state index contributed by atoms with van der Waals surface area (Å²) >= 11 is 0. The molecule has 1 aromatic rings. The van der Waals surface area contributed by atoms with Crippen LogP contribution in [0.1, 0.15) is 34.1 Å². The van der Waals surface area contributed by atoms with Crippen molar-refractivity contribution in [2.45, 2.75) is 34.1 Å². The van der Waals surface area contributed by atoms with Gasteiger partial charge in [0.25, 0.3) is 0 Å². The van der Waals surface area contributed by atoms with Crippen LogP contribution in [0.4, 0.5) is 0 Å². The molecule has 0 fully saturated rings. The first-order chi connectivity index (χ1) is 6.38. The lowest BCUT2D eigenvalue weighted by Gasteiger charge is -1.87. The summed E-state index contributed by atoms with van der Waals surface area (Å²) in [5, 5.41) is 2.67. The van der Waals surface area contributed by atoms with Gasteiger partial charge in [0.2, 0.25) is 0 Å². The highest BCUT2D eigenvalue weighted by molar-refractivity contribution is 5.29. The van der Waals surface area contributed by atoms with Gasteiger partial charge < -0.3 is 0 Å². The Morgan fingerprint density at radius 1 is 1.08 bits per heavy atom. The summed E-state index contributed by atoms with van der Waals surface area (Å²) in [5.41, 5.74) is 0. The lowest BCUT2D eigenvalue weighted by molar-refractivity contribution is 1.28. The molecule has 0 amide bonds. The van der Waals surface area contributed by atoms with Gasteiger partial charge in [-0.15, -0.1) is 0 Å². The van der Waals surface area contributed by atoms with Gasteiger partial charge >= 0.3 is 0 Å². The maximum Gasteiger partial charge on any atom is -0.0227 e. The fourth-order valence-electron chi connectivity index (χ4n) is 1.18. The van der Waals surface area contributed by atoms with Crippen molar-refractivity contribution in [3.63, 3.8) is 0 Å². The fourth-order valence-corrected chi connectivity index (χ4v) is 1.18. The number of rotatable bonds is 1. The highest BCUT2D eigenvalue weighted by atomic mass is 13.8. The Balaban J connectivity index is 0.000000671. The van der Waals surface area contributed by atoms with Crippen LogP contribution in [0.5, 0.6) is 0 Å². The summed E-state index contributed by atoms with van der Waals surface area (Å²) in [6.07, 6.45) is 5.49. The van der Waals surface area contributed by atoms with Gasteiger partial charge in [0.1, 0.15) is 0 Å². The molecule has 0 nitrogen and oxygen atoms in total. The van der Waals surface area contributed by atoms with E-state index in [0.29, 0.717) is 0 Å². The van der Waals surface area contributed by atoms with E-state index in [2.05, 4.69) is 50.3 Å². The lowest BCUT2D eigenvalue weighted by atomic mass is 10.2. The van der Waals surface area contributed by atoms with Gasteiger partial charge in [-0.3, -0.25) is 0 Å². The molecular weight excluding hydrogens is 156 g/mol. The Labute approximate surface area is 81.6 Å². The molecule has 0 heteroatoms. The van der Waals surface area contributed by atoms with Crippen LogP contribution in [0.2, 0.25) is 0 Å². The molecule has 0 radical (unpaired) electrons. The van der Waals surface area contributed by atoms with Crippen LogP contribution >= 0.6 is 0 Å². The van der Waals surface area contributed by atoms with E-state index in [4.69, 9.17) is 0 Å². The van der Waals surface area contributed by atoms with Crippen LogP contribution in [0.15, 0.2) is 24.3 Å². The van der Waals surface area contributed by atoms with E-state index in [1.165, 1.54) is 10.4 Å². The monoisotopic (exact) mass is 176 g/mol. The van der Waals surface area contributed by atoms with E-state index in [1.807, 2.05) is 13.8 Å². The second-order valence-electron chi connectivity index (χ2n) is 2.53. The molecule has 0 spiro atoms. The standard InChI is InChI=1S/C11H14.C2H6/c1-3-7-11-9-6-5-8-10(11)4-2;1-2/h4-9H,3H2,1-2H3;1-2H3/b10-4-,11-7-;. The molecule has 0 saturated carbocycles. The normalized spacial score (nSPS) is 12.3. The third-order valence-electron chi connectivity index (χ3n) is 1.73. The van der Waals surface area contributed by atoms with Crippen molar-refractivity contribution in [1.82, 2.24) is 0 Å². The highest BCUT2D eigenvalue weighted by Crippen LogP contribution is 1.76. The minimum atomic E-state index is 1.10. The first-order valence-electron chi connectivity index (χ1n) is 5.10. The summed E-state index contributed by atoms with van der Waals surface area (Å²) in [7, 11) is 0. The molecule has 0 bridgehead atoms. The van der Waals surface area contributed by atoms with Gasteiger partial charge in [-0.2, -0.15) is 0 Å². The van der Waals surface area contributed by atoms with E-state index in [1.54, 1.807) is 0 Å². The largest absolute Gasteiger partial charge is 0.0798 e. The van der Waals surface area contributed by atoms with Crippen molar-refractivity contribution < 1.29 is 0 Å². The minimum Gasteiger partial charge on any atom is -0.0798 e. The molecule has 0 N–H and O–H groups in total. The Morgan fingerprint density at radius 3 is 2.08 bits per heavy atom. The Kier molecular flexibility index (Phi) is 6.99. The smallest absolute Gasteiger partial charge is 0.0227 e. The van der Waals surface area contributed by atoms with Gasteiger partial charge in [-0.25, -0.2) is 0 Å². The van der Waals surface area contributed by atoms with Crippen LogP contribution in [0.25, 0.3) is 12.2 Å². The molecule has 0 saturated heterocycles. The van der Waals surface area contributed by atoms with E-state index in [0.717, 1.165) is 6.42 Å². The molecule has 13 heavy (non-hydrogen) atoms. The van der Waals surface area contributed by atoms with E-state index < -0.39 is 0 Å². The van der Waals surface area contributed by atoms with Gasteiger partial charge in [-0.05, 0) is 23.8 Å². The van der Waals surface area contributed by atoms with Gasteiger partial charge in [-0.1, -0.05) is 57.2 Å². The molecule has 0 unspecified atom stereocenters. The van der Waals surface area contributed by atoms with E-state index in [-0.39, 0.29) is 0 Å². The molecule has 72 valence electrons. The first kappa shape index (κ1) is 12.0. The maximum absolute atomic E-state index is 2.25. The summed E-state index contributed by atoms with van der Waals surface area (Å²) < 4.78 is 0.